The van der Waals surface area contributed by atoms with Crippen molar-refractivity contribution in [2.24, 2.45) is 0 Å². The van der Waals surface area contributed by atoms with Crippen LogP contribution in [0.2, 0.25) is 0 Å². The molecule has 2 N–H and O–H groups in total. The highest BCUT2D eigenvalue weighted by atomic mass is 19.1. The maximum atomic E-state index is 13.5. The van der Waals surface area contributed by atoms with Gasteiger partial charge < -0.3 is 10.1 Å². The first-order chi connectivity index (χ1) is 11.3. The molecular formula is C19H23FN2O2. The molecule has 0 heterocycles. The summed E-state index contributed by atoms with van der Waals surface area (Å²) in [5, 5.41) is 5.91. The topological polar surface area (TPSA) is 50.4 Å². The number of ether oxygens (including phenoxy) is 1. The van der Waals surface area contributed by atoms with Crippen molar-refractivity contribution in [3.8, 4) is 0 Å². The molecule has 2 rings (SSSR count). The Balaban J connectivity index is 1.82. The maximum Gasteiger partial charge on any atom is 0.412 e. The van der Waals surface area contributed by atoms with E-state index in [1.165, 1.54) is 6.07 Å². The average molecular weight is 330 g/mol. The van der Waals surface area contributed by atoms with Gasteiger partial charge in [0.2, 0.25) is 0 Å². The van der Waals surface area contributed by atoms with Gasteiger partial charge in [-0.1, -0.05) is 18.2 Å². The lowest BCUT2D eigenvalue weighted by molar-refractivity contribution is 0.0636. The summed E-state index contributed by atoms with van der Waals surface area (Å²) in [5.41, 5.74) is 1.72. The molecule has 4 nitrogen and oxygen atoms in total. The van der Waals surface area contributed by atoms with Crippen molar-refractivity contribution in [3.63, 3.8) is 0 Å². The van der Waals surface area contributed by atoms with Gasteiger partial charge in [0.15, 0.2) is 0 Å². The molecule has 0 fully saturated rings. The molecule has 0 unspecified atom stereocenters. The van der Waals surface area contributed by atoms with Crippen LogP contribution in [-0.2, 0) is 11.2 Å². The SMILES string of the molecule is CC(C)(C)OC(=O)Nc1ccc(NCCc2ccccc2F)cc1. The lowest BCUT2D eigenvalue weighted by Gasteiger charge is -2.19. The van der Waals surface area contributed by atoms with Crippen LogP contribution < -0.4 is 10.6 Å². The minimum atomic E-state index is -0.529. The first kappa shape index (κ1) is 17.8. The van der Waals surface area contributed by atoms with Gasteiger partial charge in [-0.05, 0) is 63.1 Å². The summed E-state index contributed by atoms with van der Waals surface area (Å²) in [4.78, 5) is 11.7. The molecule has 0 atom stereocenters. The van der Waals surface area contributed by atoms with Crippen molar-refractivity contribution in [2.45, 2.75) is 32.8 Å². The van der Waals surface area contributed by atoms with Gasteiger partial charge in [0.25, 0.3) is 0 Å². The van der Waals surface area contributed by atoms with E-state index < -0.39 is 11.7 Å². The van der Waals surface area contributed by atoms with Gasteiger partial charge in [0.1, 0.15) is 11.4 Å². The highest BCUT2D eigenvalue weighted by Crippen LogP contribution is 2.16. The number of nitrogens with one attached hydrogen (secondary N) is 2. The minimum Gasteiger partial charge on any atom is -0.444 e. The highest BCUT2D eigenvalue weighted by Gasteiger charge is 2.16. The van der Waals surface area contributed by atoms with Gasteiger partial charge in [0, 0.05) is 17.9 Å². The zero-order chi connectivity index (χ0) is 17.6. The highest BCUT2D eigenvalue weighted by molar-refractivity contribution is 5.85. The monoisotopic (exact) mass is 330 g/mol. The molecule has 5 heteroatoms. The van der Waals surface area contributed by atoms with Gasteiger partial charge in [0.05, 0.1) is 0 Å². The van der Waals surface area contributed by atoms with Crippen LogP contribution in [-0.4, -0.2) is 18.2 Å². The Morgan fingerprint density at radius 1 is 1.04 bits per heavy atom. The predicted octanol–water partition coefficient (Wildman–Crippen LogP) is 4.83. The summed E-state index contributed by atoms with van der Waals surface area (Å²) in [5.74, 6) is -0.184. The third-order valence-electron chi connectivity index (χ3n) is 3.21. The minimum absolute atomic E-state index is 0.184. The van der Waals surface area contributed by atoms with Crippen molar-refractivity contribution in [1.29, 1.82) is 0 Å². The summed E-state index contributed by atoms with van der Waals surface area (Å²) in [6, 6.07) is 14.0. The summed E-state index contributed by atoms with van der Waals surface area (Å²) in [6.45, 7) is 6.07. The fourth-order valence-corrected chi connectivity index (χ4v) is 2.14. The van der Waals surface area contributed by atoms with E-state index in [1.54, 1.807) is 24.3 Å². The molecule has 0 aromatic heterocycles. The lowest BCUT2D eigenvalue weighted by Crippen LogP contribution is -2.27. The third kappa shape index (κ3) is 5.91. The molecule has 128 valence electrons. The second-order valence-corrected chi connectivity index (χ2v) is 6.47. The van der Waals surface area contributed by atoms with Crippen LogP contribution in [0.25, 0.3) is 0 Å². The van der Waals surface area contributed by atoms with E-state index in [0.29, 0.717) is 24.2 Å². The van der Waals surface area contributed by atoms with Crippen molar-refractivity contribution in [3.05, 3.63) is 59.9 Å². The largest absolute Gasteiger partial charge is 0.444 e. The molecule has 0 bridgehead atoms. The van der Waals surface area contributed by atoms with E-state index in [2.05, 4.69) is 10.6 Å². The number of anilines is 2. The zero-order valence-corrected chi connectivity index (χ0v) is 14.2. The number of benzene rings is 2. The number of amides is 1. The smallest absolute Gasteiger partial charge is 0.412 e. The van der Waals surface area contributed by atoms with E-state index in [0.717, 1.165) is 5.69 Å². The first-order valence-corrected chi connectivity index (χ1v) is 7.91. The predicted molar refractivity (Wildman–Crippen MR) is 94.9 cm³/mol. The summed E-state index contributed by atoms with van der Waals surface area (Å²) in [6.07, 6.45) is 0.118. The standard InChI is InChI=1S/C19H23FN2O2/c1-19(2,3)24-18(23)22-16-10-8-15(9-11-16)21-13-12-14-6-4-5-7-17(14)20/h4-11,21H,12-13H2,1-3H3,(H,22,23). The van der Waals surface area contributed by atoms with Gasteiger partial charge >= 0.3 is 6.09 Å². The Morgan fingerprint density at radius 2 is 1.67 bits per heavy atom. The number of hydrogen-bond donors (Lipinski definition) is 2. The second kappa shape index (κ2) is 7.81. The molecule has 0 spiro atoms. The molecule has 24 heavy (non-hydrogen) atoms. The molecule has 0 aliphatic heterocycles. The normalized spacial score (nSPS) is 11.0. The Hall–Kier alpha value is -2.56. The molecule has 0 saturated heterocycles. The van der Waals surface area contributed by atoms with Gasteiger partial charge in [-0.2, -0.15) is 0 Å². The van der Waals surface area contributed by atoms with E-state index in [4.69, 9.17) is 4.74 Å². The Morgan fingerprint density at radius 3 is 2.29 bits per heavy atom. The summed E-state index contributed by atoms with van der Waals surface area (Å²) < 4.78 is 18.7. The second-order valence-electron chi connectivity index (χ2n) is 6.47. The van der Waals surface area contributed by atoms with Crippen LogP contribution in [0.5, 0.6) is 0 Å². The number of carbonyl (C=O) groups excluding carboxylic acids is 1. The fourth-order valence-electron chi connectivity index (χ4n) is 2.14. The Kier molecular flexibility index (Phi) is 5.79. The van der Waals surface area contributed by atoms with Crippen LogP contribution in [0.1, 0.15) is 26.3 Å². The van der Waals surface area contributed by atoms with Gasteiger partial charge in [-0.3, -0.25) is 5.32 Å². The van der Waals surface area contributed by atoms with Crippen molar-refractivity contribution < 1.29 is 13.9 Å². The molecule has 2 aromatic rings. The average Bonchev–Trinajstić information content (AvgIpc) is 2.49. The number of halogens is 1. The first-order valence-electron chi connectivity index (χ1n) is 7.91. The molecule has 0 aliphatic rings. The van der Waals surface area contributed by atoms with E-state index in [-0.39, 0.29) is 5.82 Å². The van der Waals surface area contributed by atoms with Crippen molar-refractivity contribution >= 4 is 17.5 Å². The number of carbonyl (C=O) groups is 1. The molecule has 0 saturated carbocycles. The van der Waals surface area contributed by atoms with Crippen molar-refractivity contribution in [1.82, 2.24) is 0 Å². The zero-order valence-electron chi connectivity index (χ0n) is 14.2. The van der Waals surface area contributed by atoms with Crippen LogP contribution >= 0.6 is 0 Å². The molecule has 2 aromatic carbocycles. The Bertz CT molecular complexity index is 679. The van der Waals surface area contributed by atoms with E-state index >= 15 is 0 Å². The summed E-state index contributed by atoms with van der Waals surface area (Å²) in [7, 11) is 0. The third-order valence-corrected chi connectivity index (χ3v) is 3.21. The maximum absolute atomic E-state index is 13.5. The fraction of sp³-hybridized carbons (Fsp3) is 0.316. The number of hydrogen-bond acceptors (Lipinski definition) is 3. The van der Waals surface area contributed by atoms with Crippen LogP contribution in [0.3, 0.4) is 0 Å². The Labute approximate surface area is 142 Å². The molecule has 0 radical (unpaired) electrons. The van der Waals surface area contributed by atoms with E-state index in [1.807, 2.05) is 39.0 Å². The lowest BCUT2D eigenvalue weighted by atomic mass is 10.1. The van der Waals surface area contributed by atoms with Gasteiger partial charge in [-0.15, -0.1) is 0 Å². The van der Waals surface area contributed by atoms with Crippen molar-refractivity contribution in [2.75, 3.05) is 17.2 Å². The van der Waals surface area contributed by atoms with Crippen LogP contribution in [0.4, 0.5) is 20.6 Å². The van der Waals surface area contributed by atoms with Crippen LogP contribution in [0.15, 0.2) is 48.5 Å². The summed E-state index contributed by atoms with van der Waals surface area (Å²) >= 11 is 0. The quantitative estimate of drug-likeness (QED) is 0.826. The van der Waals surface area contributed by atoms with Crippen LogP contribution in [0, 0.1) is 5.82 Å². The number of rotatable bonds is 5. The van der Waals surface area contributed by atoms with E-state index in [9.17, 15) is 9.18 Å². The molecule has 0 aliphatic carbocycles. The van der Waals surface area contributed by atoms with Gasteiger partial charge in [-0.25, -0.2) is 9.18 Å². The molecule has 1 amide bonds. The molecular weight excluding hydrogens is 307 g/mol.